The minimum atomic E-state index is -0.871. The Labute approximate surface area is 333 Å². The molecule has 0 saturated carbocycles. The Morgan fingerprint density at radius 2 is 0.925 bits per heavy atom. The Morgan fingerprint density at radius 3 is 1.66 bits per heavy atom. The molecule has 246 valence electrons. The zero-order valence-corrected chi connectivity index (χ0v) is 27.4. The Bertz CT molecular complexity index is 4220. The van der Waals surface area contributed by atoms with Crippen LogP contribution < -0.4 is 0 Å². The monoisotopic (exact) mass is 691 g/mol. The Morgan fingerprint density at radius 1 is 0.340 bits per heavy atom. The highest BCUT2D eigenvalue weighted by molar-refractivity contribution is 6.24. The molecule has 0 aliphatic heterocycles. The van der Waals surface area contributed by atoms with Gasteiger partial charge in [-0.05, 0) is 100 Å². The van der Waals surface area contributed by atoms with Crippen LogP contribution in [-0.2, 0) is 0 Å². The van der Waals surface area contributed by atoms with Crippen molar-refractivity contribution >= 4 is 65.0 Å². The van der Waals surface area contributed by atoms with Crippen LogP contribution in [0, 0.1) is 0 Å². The first-order chi connectivity index (χ1) is 34.2. The molecule has 0 amide bonds. The summed E-state index contributed by atoms with van der Waals surface area (Å²) in [6.45, 7) is 0. The predicted octanol–water partition coefficient (Wildman–Crippen LogP) is 14.9. The number of hydrogen-bond donors (Lipinski definition) is 0. The van der Waals surface area contributed by atoms with E-state index in [1.807, 2.05) is 54.6 Å². The third kappa shape index (κ3) is 4.64. The number of rotatable bonds is 4. The van der Waals surface area contributed by atoms with Crippen molar-refractivity contribution in [3.63, 3.8) is 0 Å². The highest BCUT2D eigenvalue weighted by Gasteiger charge is 2.20. The number of hydrogen-bond acceptors (Lipinski definition) is 1. The fraction of sp³-hybridized carbons (Fsp3) is 0. The first-order valence-electron chi connectivity index (χ1n) is 26.2. The van der Waals surface area contributed by atoms with Gasteiger partial charge in [0.25, 0.3) is 0 Å². The lowest BCUT2D eigenvalue weighted by atomic mass is 9.84. The Kier molecular flexibility index (Phi) is 3.69. The number of benzene rings is 10. The van der Waals surface area contributed by atoms with Crippen molar-refractivity contribution in [2.75, 3.05) is 0 Å². The van der Waals surface area contributed by atoms with E-state index >= 15 is 0 Å². The molecule has 0 aliphatic carbocycles. The molecule has 1 heterocycles. The summed E-state index contributed by atoms with van der Waals surface area (Å²) >= 11 is 0. The quantitative estimate of drug-likeness (QED) is 0.167. The number of para-hydroxylation sites is 1. The van der Waals surface area contributed by atoms with Crippen molar-refractivity contribution in [2.24, 2.45) is 0 Å². The van der Waals surface area contributed by atoms with Crippen molar-refractivity contribution in [3.8, 4) is 44.5 Å². The van der Waals surface area contributed by atoms with Crippen LogP contribution in [0.3, 0.4) is 0 Å². The first-order valence-corrected chi connectivity index (χ1v) is 16.7. The van der Waals surface area contributed by atoms with Gasteiger partial charge in [-0.25, -0.2) is 0 Å². The second-order valence-corrected chi connectivity index (χ2v) is 12.6. The van der Waals surface area contributed by atoms with Crippen LogP contribution in [0.15, 0.2) is 198 Å². The molecule has 10 aromatic carbocycles. The molecule has 11 rings (SSSR count). The van der Waals surface area contributed by atoms with E-state index in [2.05, 4.69) is 6.07 Å². The molecule has 11 aromatic rings. The third-order valence-corrected chi connectivity index (χ3v) is 9.72. The molecule has 0 fully saturated rings. The Hall–Kier alpha value is -6.96. The molecule has 0 bridgehead atoms. The van der Waals surface area contributed by atoms with Crippen molar-refractivity contribution in [3.05, 3.63) is 194 Å². The lowest BCUT2D eigenvalue weighted by Gasteiger charge is -2.19. The molecule has 0 radical (unpaired) electrons. The summed E-state index contributed by atoms with van der Waals surface area (Å²) in [5.41, 5.74) is 0.321. The molecular weight excluding hydrogens is 641 g/mol. The molecule has 0 aliphatic rings. The molecule has 1 aromatic heterocycles. The molecule has 1 nitrogen and oxygen atoms in total. The van der Waals surface area contributed by atoms with Crippen molar-refractivity contribution in [1.82, 2.24) is 0 Å². The van der Waals surface area contributed by atoms with Gasteiger partial charge < -0.3 is 4.42 Å². The van der Waals surface area contributed by atoms with Crippen molar-refractivity contribution in [2.45, 2.75) is 0 Å². The van der Waals surface area contributed by atoms with Gasteiger partial charge in [0.2, 0.25) is 0 Å². The smallest absolute Gasteiger partial charge is 0.143 e. The lowest BCUT2D eigenvalue weighted by molar-refractivity contribution is 0.670. The van der Waals surface area contributed by atoms with Gasteiger partial charge >= 0.3 is 0 Å². The van der Waals surface area contributed by atoms with E-state index in [1.165, 1.54) is 0 Å². The van der Waals surface area contributed by atoms with Crippen LogP contribution in [0.4, 0.5) is 0 Å². The average molecular weight is 692 g/mol. The van der Waals surface area contributed by atoms with E-state index in [1.54, 1.807) is 18.2 Å². The van der Waals surface area contributed by atoms with Gasteiger partial charge in [0, 0.05) is 16.3 Å². The number of fused-ring (bicyclic) bond motifs is 7. The zero-order chi connectivity index (χ0) is 51.4. The highest BCUT2D eigenvalue weighted by atomic mass is 16.3. The van der Waals surface area contributed by atoms with Crippen LogP contribution >= 0.6 is 0 Å². The Balaban J connectivity index is 1.31. The van der Waals surface area contributed by atoms with Crippen LogP contribution in [0.2, 0.25) is 0 Å². The molecule has 0 atom stereocenters. The summed E-state index contributed by atoms with van der Waals surface area (Å²) in [4.78, 5) is 0. The second-order valence-electron chi connectivity index (χ2n) is 12.6. The van der Waals surface area contributed by atoms with Crippen LogP contribution in [0.5, 0.6) is 0 Å². The van der Waals surface area contributed by atoms with Crippen molar-refractivity contribution in [1.29, 1.82) is 0 Å². The standard InChI is InChI=1S/C52H32O/c1-2-14-34(15-3-1)50-43-19-8-10-21-45(43)51(46-22-11-9-20-44(46)50)47-30-29-38(40-17-6-7-18-41(40)47)37-27-28-42-48-24-12-23-39(52(48)53-49(42)32-37)36-26-25-33-13-4-5-16-35(33)31-36/h1-32H/i1D,2D,3D,6D,7D,8D,9D,10D,11D,14D,15D,17D,18D,19D,20D,21D,22D,29D,30D. The zero-order valence-electron chi connectivity index (χ0n) is 46.4. The van der Waals surface area contributed by atoms with E-state index in [0.717, 1.165) is 27.3 Å². The summed E-state index contributed by atoms with van der Waals surface area (Å²) in [7, 11) is 0. The molecule has 0 saturated heterocycles. The predicted molar refractivity (Wildman–Crippen MR) is 225 cm³/mol. The molecule has 1 heteroatoms. The summed E-state index contributed by atoms with van der Waals surface area (Å²) in [6, 6.07) is 9.21. The molecule has 0 spiro atoms. The second kappa shape index (κ2) is 11.8. The van der Waals surface area contributed by atoms with E-state index < -0.39 is 164 Å². The lowest BCUT2D eigenvalue weighted by Crippen LogP contribution is -1.92. The summed E-state index contributed by atoms with van der Waals surface area (Å²) in [6.07, 6.45) is 0. The maximum atomic E-state index is 9.91. The summed E-state index contributed by atoms with van der Waals surface area (Å²) < 4.78 is 179. The minimum Gasteiger partial charge on any atom is -0.455 e. The number of furan rings is 1. The topological polar surface area (TPSA) is 13.1 Å². The van der Waals surface area contributed by atoms with Crippen LogP contribution in [0.25, 0.3) is 110 Å². The normalized spacial score (nSPS) is 16.8. The van der Waals surface area contributed by atoms with Gasteiger partial charge in [0.05, 0.1) is 26.0 Å². The van der Waals surface area contributed by atoms with Gasteiger partial charge in [0.1, 0.15) is 11.2 Å². The molecular formula is C52H32O. The van der Waals surface area contributed by atoms with E-state index in [0.29, 0.717) is 16.6 Å². The van der Waals surface area contributed by atoms with Crippen LogP contribution in [-0.4, -0.2) is 0 Å². The largest absolute Gasteiger partial charge is 0.455 e. The highest BCUT2D eigenvalue weighted by Crippen LogP contribution is 2.47. The SMILES string of the molecule is [2H]c1c([2H])c([2H])c(-c2c3c([2H])c([2H])c([2H])c([2H])c3c(-c3c([2H])c([2H])c(-c4ccc5c(c4)oc4c(-c6ccc7ccccc7c6)cccc45)c4c([2H])c([2H])c([2H])c([2H])c34)c3c([2H])c([2H])c([2H])c([2H])c23)c([2H])c1[2H]. The molecule has 53 heavy (non-hydrogen) atoms. The average Bonchev–Trinajstić information content (AvgIpc) is 3.76. The first kappa shape index (κ1) is 16.6. The molecule has 0 unspecified atom stereocenters. The summed E-state index contributed by atoms with van der Waals surface area (Å²) in [5, 5.41) is 0.491. The van der Waals surface area contributed by atoms with E-state index in [9.17, 15) is 11.0 Å². The fourth-order valence-electron chi connectivity index (χ4n) is 7.38. The maximum Gasteiger partial charge on any atom is 0.143 e. The van der Waals surface area contributed by atoms with Gasteiger partial charge in [-0.3, -0.25) is 0 Å². The maximum absolute atomic E-state index is 9.91. The van der Waals surface area contributed by atoms with Crippen molar-refractivity contribution < 1.29 is 30.5 Å². The van der Waals surface area contributed by atoms with Gasteiger partial charge in [0.15, 0.2) is 0 Å². The minimum absolute atomic E-state index is 0.143. The van der Waals surface area contributed by atoms with Gasteiger partial charge in [-0.15, -0.1) is 0 Å². The van der Waals surface area contributed by atoms with Gasteiger partial charge in [-0.2, -0.15) is 0 Å². The third-order valence-electron chi connectivity index (χ3n) is 9.72. The van der Waals surface area contributed by atoms with E-state index in [-0.39, 0.29) is 16.5 Å². The van der Waals surface area contributed by atoms with Crippen LogP contribution in [0.1, 0.15) is 26.0 Å². The van der Waals surface area contributed by atoms with E-state index in [4.69, 9.17) is 19.5 Å². The fourth-order valence-corrected chi connectivity index (χ4v) is 7.38. The van der Waals surface area contributed by atoms with Gasteiger partial charge in [-0.1, -0.05) is 175 Å². The molecule has 0 N–H and O–H groups in total. The summed E-state index contributed by atoms with van der Waals surface area (Å²) in [5.74, 6) is 0.